The SMILES string of the molecule is O=C(Nc1ccc(O)c(Cl)c1)Nc1nc2cc(C(=O)O)ccc2s1. The minimum absolute atomic E-state index is 0.0805. The molecule has 0 saturated carbocycles. The molecule has 122 valence electrons. The number of carboxylic acid groups (broad SMARTS) is 1. The third-order valence-corrected chi connectivity index (χ3v) is 4.32. The van der Waals surface area contributed by atoms with Gasteiger partial charge in [-0.25, -0.2) is 14.6 Å². The molecule has 0 saturated heterocycles. The Morgan fingerprint density at radius 3 is 2.62 bits per heavy atom. The summed E-state index contributed by atoms with van der Waals surface area (Å²) < 4.78 is 0.753. The zero-order chi connectivity index (χ0) is 17.3. The lowest BCUT2D eigenvalue weighted by molar-refractivity contribution is 0.0697. The normalized spacial score (nSPS) is 10.5. The molecule has 0 fully saturated rings. The second-order valence-corrected chi connectivity index (χ2v) is 6.19. The number of nitrogens with zero attached hydrogens (tertiary/aromatic N) is 1. The van der Waals surface area contributed by atoms with Gasteiger partial charge in [0.2, 0.25) is 0 Å². The Morgan fingerprint density at radius 1 is 1.12 bits per heavy atom. The van der Waals surface area contributed by atoms with Gasteiger partial charge in [-0.1, -0.05) is 22.9 Å². The third kappa shape index (κ3) is 3.39. The van der Waals surface area contributed by atoms with E-state index in [0.29, 0.717) is 16.3 Å². The quantitative estimate of drug-likeness (QED) is 0.525. The number of nitrogens with one attached hydrogen (secondary N) is 2. The van der Waals surface area contributed by atoms with Gasteiger partial charge in [-0.3, -0.25) is 5.32 Å². The fourth-order valence-corrected chi connectivity index (χ4v) is 2.98. The number of benzene rings is 2. The van der Waals surface area contributed by atoms with Gasteiger partial charge >= 0.3 is 12.0 Å². The van der Waals surface area contributed by atoms with Crippen LogP contribution >= 0.6 is 22.9 Å². The first-order chi connectivity index (χ1) is 11.4. The molecule has 0 atom stereocenters. The third-order valence-electron chi connectivity index (χ3n) is 3.06. The second kappa shape index (κ2) is 6.34. The summed E-state index contributed by atoms with van der Waals surface area (Å²) in [5.41, 5.74) is 1.02. The van der Waals surface area contributed by atoms with Crippen LogP contribution < -0.4 is 10.6 Å². The Balaban J connectivity index is 1.75. The van der Waals surface area contributed by atoms with Gasteiger partial charge in [0.1, 0.15) is 5.75 Å². The first-order valence-electron chi connectivity index (χ1n) is 6.63. The molecule has 2 aromatic carbocycles. The Bertz CT molecular complexity index is 957. The largest absolute Gasteiger partial charge is 0.506 e. The highest BCUT2D eigenvalue weighted by Crippen LogP contribution is 2.28. The van der Waals surface area contributed by atoms with E-state index in [1.54, 1.807) is 6.07 Å². The van der Waals surface area contributed by atoms with E-state index in [2.05, 4.69) is 15.6 Å². The van der Waals surface area contributed by atoms with Crippen molar-refractivity contribution in [3.63, 3.8) is 0 Å². The van der Waals surface area contributed by atoms with Crippen molar-refractivity contribution in [2.45, 2.75) is 0 Å². The zero-order valence-electron chi connectivity index (χ0n) is 11.9. The molecule has 1 aromatic heterocycles. The van der Waals surface area contributed by atoms with Crippen molar-refractivity contribution in [3.05, 3.63) is 47.0 Å². The average Bonchev–Trinajstić information content (AvgIpc) is 2.91. The Hall–Kier alpha value is -2.84. The smallest absolute Gasteiger partial charge is 0.335 e. The highest BCUT2D eigenvalue weighted by Gasteiger charge is 2.11. The summed E-state index contributed by atoms with van der Waals surface area (Å²) in [4.78, 5) is 27.1. The number of aromatic nitrogens is 1. The van der Waals surface area contributed by atoms with Gasteiger partial charge in [-0.2, -0.15) is 0 Å². The van der Waals surface area contributed by atoms with Crippen molar-refractivity contribution >= 4 is 56.0 Å². The zero-order valence-corrected chi connectivity index (χ0v) is 13.5. The average molecular weight is 364 g/mol. The number of carbonyl (C=O) groups excluding carboxylic acids is 1. The first-order valence-corrected chi connectivity index (χ1v) is 7.82. The highest BCUT2D eigenvalue weighted by molar-refractivity contribution is 7.22. The Kier molecular flexibility index (Phi) is 4.24. The van der Waals surface area contributed by atoms with Crippen molar-refractivity contribution in [1.82, 2.24) is 4.98 Å². The van der Waals surface area contributed by atoms with E-state index in [1.807, 2.05) is 0 Å². The number of phenolic OH excluding ortho intramolecular Hbond substituents is 1. The summed E-state index contributed by atoms with van der Waals surface area (Å²) in [5.74, 6) is -1.12. The number of carboxylic acids is 1. The number of phenols is 1. The number of fused-ring (bicyclic) bond motifs is 1. The molecule has 0 unspecified atom stereocenters. The number of aromatic carboxylic acids is 1. The number of hydrogen-bond acceptors (Lipinski definition) is 5. The lowest BCUT2D eigenvalue weighted by Gasteiger charge is -2.06. The van der Waals surface area contributed by atoms with Crippen LogP contribution in [0.4, 0.5) is 15.6 Å². The lowest BCUT2D eigenvalue weighted by Crippen LogP contribution is -2.19. The number of carbonyl (C=O) groups is 2. The van der Waals surface area contributed by atoms with Crippen molar-refractivity contribution in [1.29, 1.82) is 0 Å². The molecule has 0 radical (unpaired) electrons. The van der Waals surface area contributed by atoms with E-state index in [4.69, 9.17) is 16.7 Å². The molecule has 0 aliphatic rings. The molecule has 3 aromatic rings. The maximum Gasteiger partial charge on any atom is 0.335 e. The predicted molar refractivity (Wildman–Crippen MR) is 92.3 cm³/mol. The molecule has 0 aliphatic heterocycles. The van der Waals surface area contributed by atoms with Crippen molar-refractivity contribution in [3.8, 4) is 5.75 Å². The topological polar surface area (TPSA) is 112 Å². The lowest BCUT2D eigenvalue weighted by atomic mass is 10.2. The van der Waals surface area contributed by atoms with Gasteiger partial charge in [0.05, 0.1) is 20.8 Å². The van der Waals surface area contributed by atoms with Crippen molar-refractivity contribution in [2.75, 3.05) is 10.6 Å². The van der Waals surface area contributed by atoms with Crippen LogP contribution in [0.5, 0.6) is 5.75 Å². The molecule has 9 heteroatoms. The van der Waals surface area contributed by atoms with E-state index in [0.717, 1.165) is 4.70 Å². The van der Waals surface area contributed by atoms with Crippen LogP contribution in [-0.4, -0.2) is 27.2 Å². The first kappa shape index (κ1) is 16.0. The minimum atomic E-state index is -1.04. The highest BCUT2D eigenvalue weighted by atomic mass is 35.5. The monoisotopic (exact) mass is 363 g/mol. The number of rotatable bonds is 3. The van der Waals surface area contributed by atoms with Crippen LogP contribution in [0.25, 0.3) is 10.2 Å². The molecule has 0 aliphatic carbocycles. The summed E-state index contributed by atoms with van der Waals surface area (Å²) in [7, 11) is 0. The van der Waals surface area contributed by atoms with Crippen molar-refractivity contribution in [2.24, 2.45) is 0 Å². The summed E-state index contributed by atoms with van der Waals surface area (Å²) in [6.07, 6.45) is 0. The fourth-order valence-electron chi connectivity index (χ4n) is 1.96. The molecule has 0 bridgehead atoms. The molecule has 0 spiro atoms. The van der Waals surface area contributed by atoms with Gasteiger partial charge in [0, 0.05) is 5.69 Å². The molecular formula is C15H10ClN3O4S. The molecule has 4 N–H and O–H groups in total. The van der Waals surface area contributed by atoms with Crippen molar-refractivity contribution < 1.29 is 19.8 Å². The predicted octanol–water partition coefficient (Wildman–Crippen LogP) is 4.00. The van der Waals surface area contributed by atoms with Gasteiger partial charge in [0.25, 0.3) is 0 Å². The van der Waals surface area contributed by atoms with Crippen LogP contribution in [0.15, 0.2) is 36.4 Å². The van der Waals surface area contributed by atoms with Gasteiger partial charge in [-0.15, -0.1) is 0 Å². The minimum Gasteiger partial charge on any atom is -0.506 e. The standard InChI is InChI=1S/C15H10ClN3O4S/c16-9-6-8(2-3-11(9)20)17-14(23)19-15-18-10-5-7(13(21)22)1-4-12(10)24-15/h1-6,20H,(H,21,22)(H2,17,18,19,23). The van der Waals surface area contributed by atoms with Crippen LogP contribution in [-0.2, 0) is 0 Å². The maximum absolute atomic E-state index is 12.0. The molecule has 2 amide bonds. The number of thiazole rings is 1. The number of hydrogen-bond donors (Lipinski definition) is 4. The summed E-state index contributed by atoms with van der Waals surface area (Å²) in [6.45, 7) is 0. The molecule has 3 rings (SSSR count). The number of amides is 2. The van der Waals surface area contributed by atoms with E-state index in [1.165, 1.54) is 41.7 Å². The molecule has 7 nitrogen and oxygen atoms in total. The summed E-state index contributed by atoms with van der Waals surface area (Å²) >= 11 is 6.99. The molecule has 1 heterocycles. The number of anilines is 2. The summed E-state index contributed by atoms with van der Waals surface area (Å²) in [6, 6.07) is 8.30. The summed E-state index contributed by atoms with van der Waals surface area (Å²) in [5, 5.41) is 23.9. The Labute approximate surface area is 144 Å². The van der Waals surface area contributed by atoms with Crippen LogP contribution in [0.1, 0.15) is 10.4 Å². The van der Waals surface area contributed by atoms with E-state index < -0.39 is 12.0 Å². The second-order valence-electron chi connectivity index (χ2n) is 4.75. The van der Waals surface area contributed by atoms with Crippen LogP contribution in [0.3, 0.4) is 0 Å². The molecule has 24 heavy (non-hydrogen) atoms. The van der Waals surface area contributed by atoms with Gasteiger partial charge in [0.15, 0.2) is 5.13 Å². The van der Waals surface area contributed by atoms with E-state index in [9.17, 15) is 14.7 Å². The fraction of sp³-hybridized carbons (Fsp3) is 0. The molecular weight excluding hydrogens is 354 g/mol. The number of halogens is 1. The van der Waals surface area contributed by atoms with E-state index >= 15 is 0 Å². The van der Waals surface area contributed by atoms with Gasteiger partial charge in [-0.05, 0) is 36.4 Å². The van der Waals surface area contributed by atoms with Gasteiger partial charge < -0.3 is 15.5 Å². The van der Waals surface area contributed by atoms with Crippen LogP contribution in [0, 0.1) is 0 Å². The number of urea groups is 1. The van der Waals surface area contributed by atoms with E-state index in [-0.39, 0.29) is 16.3 Å². The Morgan fingerprint density at radius 2 is 1.92 bits per heavy atom. The van der Waals surface area contributed by atoms with Crippen LogP contribution in [0.2, 0.25) is 5.02 Å². The maximum atomic E-state index is 12.0. The number of aromatic hydroxyl groups is 1.